The van der Waals surface area contributed by atoms with Crippen LogP contribution in [0.25, 0.3) is 0 Å². The molecule has 26 heavy (non-hydrogen) atoms. The summed E-state index contributed by atoms with van der Waals surface area (Å²) in [5, 5.41) is 16.7. The normalized spacial score (nSPS) is 20.7. The van der Waals surface area contributed by atoms with Crippen molar-refractivity contribution in [1.82, 2.24) is 10.6 Å². The van der Waals surface area contributed by atoms with Gasteiger partial charge in [-0.25, -0.2) is 0 Å². The number of aromatic hydroxyl groups is 1. The third kappa shape index (κ3) is 4.68. The van der Waals surface area contributed by atoms with Gasteiger partial charge >= 0.3 is 6.36 Å². The predicted molar refractivity (Wildman–Crippen MR) is 91.8 cm³/mol. The molecule has 0 saturated carbocycles. The second kappa shape index (κ2) is 7.97. The Hall–Kier alpha value is -2.25. The monoisotopic (exact) mass is 366 g/mol. The summed E-state index contributed by atoms with van der Waals surface area (Å²) in [7, 11) is 0. The van der Waals surface area contributed by atoms with Gasteiger partial charge in [0.2, 0.25) is 0 Å². The first-order valence-electron chi connectivity index (χ1n) is 8.52. The first-order chi connectivity index (χ1) is 12.4. The maximum Gasteiger partial charge on any atom is 0.573 e. The van der Waals surface area contributed by atoms with Crippen molar-refractivity contribution in [2.75, 3.05) is 6.54 Å². The van der Waals surface area contributed by atoms with Crippen molar-refractivity contribution < 1.29 is 23.0 Å². The van der Waals surface area contributed by atoms with Gasteiger partial charge in [0.25, 0.3) is 0 Å². The van der Waals surface area contributed by atoms with Gasteiger partial charge in [-0.05, 0) is 37.1 Å². The highest BCUT2D eigenvalue weighted by Crippen LogP contribution is 2.32. The van der Waals surface area contributed by atoms with E-state index < -0.39 is 6.36 Å². The van der Waals surface area contributed by atoms with Crippen LogP contribution in [0.15, 0.2) is 48.5 Å². The number of hydrogen-bond donors (Lipinski definition) is 3. The summed E-state index contributed by atoms with van der Waals surface area (Å²) in [6.45, 7) is 0.963. The van der Waals surface area contributed by atoms with Gasteiger partial charge in [-0.2, -0.15) is 0 Å². The van der Waals surface area contributed by atoms with Gasteiger partial charge in [0.1, 0.15) is 11.5 Å². The number of ether oxygens (including phenoxy) is 1. The Balaban J connectivity index is 1.75. The first-order valence-corrected chi connectivity index (χ1v) is 8.52. The van der Waals surface area contributed by atoms with Crippen molar-refractivity contribution in [3.63, 3.8) is 0 Å². The van der Waals surface area contributed by atoms with Crippen LogP contribution in [0.3, 0.4) is 0 Å². The topological polar surface area (TPSA) is 53.5 Å². The van der Waals surface area contributed by atoms with Gasteiger partial charge in [0.15, 0.2) is 0 Å². The summed E-state index contributed by atoms with van der Waals surface area (Å²) in [6.07, 6.45) is -2.95. The van der Waals surface area contributed by atoms with Crippen molar-refractivity contribution >= 4 is 0 Å². The Morgan fingerprint density at radius 3 is 2.62 bits per heavy atom. The summed E-state index contributed by atoms with van der Waals surface area (Å²) >= 11 is 0. The molecule has 1 fully saturated rings. The van der Waals surface area contributed by atoms with Gasteiger partial charge < -0.3 is 20.5 Å². The Kier molecular flexibility index (Phi) is 5.68. The van der Waals surface area contributed by atoms with E-state index in [4.69, 9.17) is 0 Å². The third-order valence-electron chi connectivity index (χ3n) is 4.49. The second-order valence-corrected chi connectivity index (χ2v) is 6.27. The zero-order chi connectivity index (χ0) is 18.6. The molecule has 0 aromatic heterocycles. The van der Waals surface area contributed by atoms with Crippen LogP contribution in [0.4, 0.5) is 13.2 Å². The molecule has 2 aromatic carbocycles. The first kappa shape index (κ1) is 18.5. The van der Waals surface area contributed by atoms with Gasteiger partial charge in [0.05, 0.1) is 5.56 Å². The van der Waals surface area contributed by atoms with Gasteiger partial charge in [-0.3, -0.25) is 0 Å². The molecule has 2 aromatic rings. The maximum atomic E-state index is 12.6. The van der Waals surface area contributed by atoms with Gasteiger partial charge in [-0.1, -0.05) is 36.4 Å². The number of phenolic OH excluding ortho intramolecular Hbond substituents is 1. The second-order valence-electron chi connectivity index (χ2n) is 6.27. The van der Waals surface area contributed by atoms with E-state index >= 15 is 0 Å². The molecule has 0 spiro atoms. The lowest BCUT2D eigenvalue weighted by atomic mass is 9.92. The van der Waals surface area contributed by atoms with Crippen molar-refractivity contribution in [2.24, 2.45) is 0 Å². The Labute approximate surface area is 150 Å². The summed E-state index contributed by atoms with van der Waals surface area (Å²) in [4.78, 5) is 0. The molecule has 7 heteroatoms. The Bertz CT molecular complexity index is 722. The van der Waals surface area contributed by atoms with Crippen molar-refractivity contribution in [2.45, 2.75) is 37.8 Å². The van der Waals surface area contributed by atoms with Crippen LogP contribution >= 0.6 is 0 Å². The molecule has 1 saturated heterocycles. The molecule has 0 amide bonds. The molecule has 2 atom stereocenters. The molecule has 1 aliphatic heterocycles. The number of alkyl halides is 3. The Morgan fingerprint density at radius 1 is 1.12 bits per heavy atom. The van der Waals surface area contributed by atoms with E-state index in [0.717, 1.165) is 24.9 Å². The molecule has 0 radical (unpaired) electrons. The van der Waals surface area contributed by atoms with Crippen molar-refractivity contribution in [3.8, 4) is 11.5 Å². The van der Waals surface area contributed by atoms with Crippen molar-refractivity contribution in [3.05, 3.63) is 59.7 Å². The quantitative estimate of drug-likeness (QED) is 0.752. The predicted octanol–water partition coefficient (Wildman–Crippen LogP) is 3.87. The van der Waals surface area contributed by atoms with E-state index in [1.807, 2.05) is 30.3 Å². The van der Waals surface area contributed by atoms with Crippen LogP contribution in [0, 0.1) is 0 Å². The van der Waals surface area contributed by atoms with Crippen LogP contribution in [0.1, 0.15) is 30.0 Å². The number of hydrogen-bond acceptors (Lipinski definition) is 4. The van der Waals surface area contributed by atoms with Crippen LogP contribution in [-0.4, -0.2) is 24.1 Å². The van der Waals surface area contributed by atoms with E-state index in [2.05, 4.69) is 15.4 Å². The summed E-state index contributed by atoms with van der Waals surface area (Å²) in [5.74, 6) is -0.607. The number of piperidine rings is 1. The molecule has 140 valence electrons. The van der Waals surface area contributed by atoms with E-state index in [-0.39, 0.29) is 35.7 Å². The smallest absolute Gasteiger partial charge is 0.507 e. The highest BCUT2D eigenvalue weighted by molar-refractivity contribution is 5.44. The summed E-state index contributed by atoms with van der Waals surface area (Å²) in [5.41, 5.74) is 1.22. The van der Waals surface area contributed by atoms with E-state index in [1.54, 1.807) is 0 Å². The highest BCUT2D eigenvalue weighted by atomic mass is 19.4. The van der Waals surface area contributed by atoms with Crippen LogP contribution < -0.4 is 15.4 Å². The number of rotatable bonds is 5. The van der Waals surface area contributed by atoms with Gasteiger partial charge in [0, 0.05) is 18.6 Å². The molecule has 1 heterocycles. The molecule has 1 aliphatic rings. The summed E-state index contributed by atoms with van der Waals surface area (Å²) < 4.78 is 41.8. The minimum absolute atomic E-state index is 0.0319. The average molecular weight is 366 g/mol. The van der Waals surface area contributed by atoms with Crippen LogP contribution in [0.5, 0.6) is 11.5 Å². The third-order valence-corrected chi connectivity index (χ3v) is 4.49. The lowest BCUT2D eigenvalue weighted by Crippen LogP contribution is -2.45. The number of benzene rings is 2. The Morgan fingerprint density at radius 2 is 1.88 bits per heavy atom. The highest BCUT2D eigenvalue weighted by Gasteiger charge is 2.33. The van der Waals surface area contributed by atoms with E-state index in [0.29, 0.717) is 0 Å². The lowest BCUT2D eigenvalue weighted by Gasteiger charge is -2.34. The average Bonchev–Trinajstić information content (AvgIpc) is 2.61. The summed E-state index contributed by atoms with van der Waals surface area (Å²) in [6, 6.07) is 13.9. The standard InChI is InChI=1S/C19H21F3N2O2/c20-19(21,22)26-17-10-4-9-16(25)14(17)12-24-15-8-5-11-23-18(15)13-6-2-1-3-7-13/h1-4,6-7,9-10,15,18,23-25H,5,8,11-12H2. The zero-order valence-corrected chi connectivity index (χ0v) is 14.1. The van der Waals surface area contributed by atoms with E-state index in [9.17, 15) is 18.3 Å². The van der Waals surface area contributed by atoms with Crippen molar-refractivity contribution in [1.29, 1.82) is 0 Å². The molecule has 3 N–H and O–H groups in total. The number of halogens is 3. The SMILES string of the molecule is Oc1cccc(OC(F)(F)F)c1CNC1CCCNC1c1ccccc1. The lowest BCUT2D eigenvalue weighted by molar-refractivity contribution is -0.274. The molecule has 0 aliphatic carbocycles. The molecule has 3 rings (SSSR count). The molecule has 0 bridgehead atoms. The fourth-order valence-corrected chi connectivity index (χ4v) is 3.30. The fourth-order valence-electron chi connectivity index (χ4n) is 3.30. The van der Waals surface area contributed by atoms with Crippen LogP contribution in [-0.2, 0) is 6.54 Å². The van der Waals surface area contributed by atoms with E-state index in [1.165, 1.54) is 18.2 Å². The number of phenols is 1. The molecular weight excluding hydrogens is 345 g/mol. The maximum absolute atomic E-state index is 12.6. The number of nitrogens with one attached hydrogen (secondary N) is 2. The zero-order valence-electron chi connectivity index (χ0n) is 14.1. The minimum atomic E-state index is -4.80. The fraction of sp³-hybridized carbons (Fsp3) is 0.368. The largest absolute Gasteiger partial charge is 0.573 e. The molecule has 2 unspecified atom stereocenters. The minimum Gasteiger partial charge on any atom is -0.507 e. The van der Waals surface area contributed by atoms with Crippen LogP contribution in [0.2, 0.25) is 0 Å². The molecular formula is C19H21F3N2O2. The molecule has 4 nitrogen and oxygen atoms in total. The van der Waals surface area contributed by atoms with Gasteiger partial charge in [-0.15, -0.1) is 13.2 Å².